The minimum atomic E-state index is -1.02. The molecular weight excluding hydrogens is 462 g/mol. The van der Waals surface area contributed by atoms with Gasteiger partial charge in [-0.05, 0) is 75.6 Å². The number of rotatable bonds is 10. The second kappa shape index (κ2) is 11.2. The van der Waals surface area contributed by atoms with Crippen molar-refractivity contribution >= 4 is 11.8 Å². The van der Waals surface area contributed by atoms with E-state index in [-0.39, 0.29) is 11.8 Å². The second-order valence-electron chi connectivity index (χ2n) is 10.6. The number of aliphatic carboxylic acids is 1. The van der Waals surface area contributed by atoms with Gasteiger partial charge in [0.2, 0.25) is 0 Å². The summed E-state index contributed by atoms with van der Waals surface area (Å²) >= 11 is 0. The molecule has 1 aliphatic carbocycles. The highest BCUT2D eigenvalue weighted by atomic mass is 19.1. The summed E-state index contributed by atoms with van der Waals surface area (Å²) in [7, 11) is 0. The predicted octanol–water partition coefficient (Wildman–Crippen LogP) is 5.44. The number of hydrogen-bond donors (Lipinski definition) is 2. The number of unbranched alkanes of at least 4 members (excludes halogenated alkanes) is 1. The molecule has 1 saturated heterocycles. The lowest BCUT2D eigenvalue weighted by molar-refractivity contribution is -0.143. The highest BCUT2D eigenvalue weighted by Crippen LogP contribution is 2.41. The van der Waals surface area contributed by atoms with Crippen molar-refractivity contribution in [3.05, 3.63) is 52.7 Å². The molecule has 0 amide bonds. The summed E-state index contributed by atoms with van der Waals surface area (Å²) in [5, 5.41) is 13.4. The van der Waals surface area contributed by atoms with Crippen molar-refractivity contribution in [2.45, 2.75) is 82.3 Å². The standard InChI is InChI=1S/C28H36F2N4O2/c29-21-15-23(25(32-16-21)18-5-3-6-18)26(28(35)36)34-14-12-20(17-34)24(30)9-2-1-8-22-11-10-19-7-4-13-31-27(19)33-22/h10-11,15-16,18,20,24,26H,1-9,12-14,17H2,(H,31,33)(H,35,36)/t20-,24+,26-/m1/s1. The van der Waals surface area contributed by atoms with Gasteiger partial charge in [-0.2, -0.15) is 0 Å². The number of nitrogens with one attached hydrogen (secondary N) is 1. The summed E-state index contributed by atoms with van der Waals surface area (Å²) in [6.07, 6.45) is 8.94. The van der Waals surface area contributed by atoms with Crippen LogP contribution in [0.2, 0.25) is 0 Å². The molecule has 0 aromatic carbocycles. The number of carbonyl (C=O) groups is 1. The number of hydrogen-bond acceptors (Lipinski definition) is 5. The lowest BCUT2D eigenvalue weighted by Crippen LogP contribution is -2.35. The highest BCUT2D eigenvalue weighted by molar-refractivity contribution is 5.76. The number of halogens is 2. The minimum absolute atomic E-state index is 0.190. The summed E-state index contributed by atoms with van der Waals surface area (Å²) in [5.74, 6) is -0.564. The van der Waals surface area contributed by atoms with E-state index < -0.39 is 24.0 Å². The van der Waals surface area contributed by atoms with E-state index in [4.69, 9.17) is 4.98 Å². The average Bonchev–Trinajstić information content (AvgIpc) is 3.31. The maximum atomic E-state index is 15.2. The van der Waals surface area contributed by atoms with Crippen molar-refractivity contribution in [3.8, 4) is 0 Å². The normalized spacial score (nSPS) is 21.9. The Morgan fingerprint density at radius 3 is 2.86 bits per heavy atom. The molecule has 6 nitrogen and oxygen atoms in total. The molecule has 2 aromatic heterocycles. The van der Waals surface area contributed by atoms with Gasteiger partial charge < -0.3 is 10.4 Å². The summed E-state index contributed by atoms with van der Waals surface area (Å²) in [6.45, 7) is 1.83. The Hall–Kier alpha value is -2.61. The number of carboxylic acids is 1. The summed E-state index contributed by atoms with van der Waals surface area (Å²) < 4.78 is 29.2. The fourth-order valence-corrected chi connectivity index (χ4v) is 5.93. The van der Waals surface area contributed by atoms with E-state index in [1.54, 1.807) is 0 Å². The van der Waals surface area contributed by atoms with E-state index in [0.29, 0.717) is 37.2 Å². The monoisotopic (exact) mass is 498 g/mol. The molecule has 2 aliphatic heterocycles. The maximum absolute atomic E-state index is 15.2. The topological polar surface area (TPSA) is 78.3 Å². The number of aromatic nitrogens is 2. The molecular formula is C28H36F2N4O2. The van der Waals surface area contributed by atoms with Crippen molar-refractivity contribution in [2.75, 3.05) is 25.0 Å². The third-order valence-corrected chi connectivity index (χ3v) is 8.18. The van der Waals surface area contributed by atoms with Crippen LogP contribution in [0.5, 0.6) is 0 Å². The van der Waals surface area contributed by atoms with Gasteiger partial charge >= 0.3 is 5.97 Å². The first-order chi connectivity index (χ1) is 17.5. The van der Waals surface area contributed by atoms with Gasteiger partial charge in [0, 0.05) is 41.9 Å². The molecule has 0 radical (unpaired) electrons. The van der Waals surface area contributed by atoms with Crippen LogP contribution < -0.4 is 5.32 Å². The molecule has 5 rings (SSSR count). The van der Waals surface area contributed by atoms with Crippen molar-refractivity contribution in [3.63, 3.8) is 0 Å². The lowest BCUT2D eigenvalue weighted by Gasteiger charge is -2.31. The Balaban J connectivity index is 1.15. The van der Waals surface area contributed by atoms with Crippen LogP contribution in [0.3, 0.4) is 0 Å². The van der Waals surface area contributed by atoms with E-state index in [1.165, 1.54) is 17.8 Å². The summed E-state index contributed by atoms with van der Waals surface area (Å²) in [6, 6.07) is 4.57. The van der Waals surface area contributed by atoms with E-state index in [2.05, 4.69) is 22.4 Å². The molecule has 2 N–H and O–H groups in total. The van der Waals surface area contributed by atoms with Gasteiger partial charge in [0.1, 0.15) is 23.8 Å². The maximum Gasteiger partial charge on any atom is 0.325 e. The number of likely N-dealkylation sites (tertiary alicyclic amines) is 1. The zero-order valence-corrected chi connectivity index (χ0v) is 20.8. The van der Waals surface area contributed by atoms with E-state index in [9.17, 15) is 14.3 Å². The minimum Gasteiger partial charge on any atom is -0.480 e. The number of pyridine rings is 2. The van der Waals surface area contributed by atoms with Gasteiger partial charge in [-0.3, -0.25) is 14.7 Å². The number of aryl methyl sites for hydroxylation is 2. The van der Waals surface area contributed by atoms with Crippen LogP contribution in [-0.2, 0) is 17.6 Å². The molecule has 36 heavy (non-hydrogen) atoms. The van der Waals surface area contributed by atoms with Crippen LogP contribution in [0.25, 0.3) is 0 Å². The fraction of sp³-hybridized carbons (Fsp3) is 0.607. The van der Waals surface area contributed by atoms with Crippen molar-refractivity contribution in [2.24, 2.45) is 5.92 Å². The molecule has 0 bridgehead atoms. The van der Waals surface area contributed by atoms with Crippen molar-refractivity contribution < 1.29 is 18.7 Å². The van der Waals surface area contributed by atoms with E-state index in [1.807, 2.05) is 4.90 Å². The van der Waals surface area contributed by atoms with Gasteiger partial charge in [0.15, 0.2) is 0 Å². The van der Waals surface area contributed by atoms with Crippen LogP contribution >= 0.6 is 0 Å². The van der Waals surface area contributed by atoms with Crippen LogP contribution in [0, 0.1) is 11.7 Å². The molecule has 1 saturated carbocycles. The summed E-state index contributed by atoms with van der Waals surface area (Å²) in [4.78, 5) is 23.1. The number of nitrogens with zero attached hydrogens (tertiary/aromatic N) is 3. The molecule has 4 heterocycles. The SMILES string of the molecule is O=C(O)[C@@H](c1cc(F)cnc1C1CCC1)N1CC[C@@H]([C@@H](F)CCCCc2ccc3c(n2)NCCC3)C1. The Kier molecular flexibility index (Phi) is 7.79. The Morgan fingerprint density at radius 1 is 1.22 bits per heavy atom. The van der Waals surface area contributed by atoms with Gasteiger partial charge in [-0.1, -0.05) is 18.9 Å². The third kappa shape index (κ3) is 5.53. The fourth-order valence-electron chi connectivity index (χ4n) is 5.93. The number of fused-ring (bicyclic) bond motifs is 1. The molecule has 8 heteroatoms. The third-order valence-electron chi connectivity index (χ3n) is 8.18. The molecule has 0 spiro atoms. The van der Waals surface area contributed by atoms with Crippen LogP contribution in [-0.4, -0.2) is 51.7 Å². The number of alkyl halides is 1. The van der Waals surface area contributed by atoms with Crippen LogP contribution in [0.4, 0.5) is 14.6 Å². The Morgan fingerprint density at radius 2 is 2.08 bits per heavy atom. The Labute approximate surface area is 211 Å². The van der Waals surface area contributed by atoms with Gasteiger partial charge in [-0.25, -0.2) is 13.8 Å². The summed E-state index contributed by atoms with van der Waals surface area (Å²) in [5.41, 5.74) is 3.45. The van der Waals surface area contributed by atoms with Crippen molar-refractivity contribution in [1.29, 1.82) is 0 Å². The molecule has 0 unspecified atom stereocenters. The van der Waals surface area contributed by atoms with Gasteiger partial charge in [0.05, 0.1) is 6.20 Å². The largest absolute Gasteiger partial charge is 0.480 e. The lowest BCUT2D eigenvalue weighted by atomic mass is 9.80. The molecule has 2 aromatic rings. The second-order valence-corrected chi connectivity index (χ2v) is 10.6. The predicted molar refractivity (Wildman–Crippen MR) is 134 cm³/mol. The zero-order valence-electron chi connectivity index (χ0n) is 20.8. The van der Waals surface area contributed by atoms with Crippen molar-refractivity contribution in [1.82, 2.24) is 14.9 Å². The molecule has 3 aliphatic rings. The van der Waals surface area contributed by atoms with Gasteiger partial charge in [-0.15, -0.1) is 0 Å². The smallest absolute Gasteiger partial charge is 0.325 e. The molecule has 2 fully saturated rings. The zero-order chi connectivity index (χ0) is 25.1. The number of anilines is 1. The van der Waals surface area contributed by atoms with E-state index >= 15 is 4.39 Å². The molecule has 3 atom stereocenters. The quantitative estimate of drug-likeness (QED) is 0.425. The van der Waals surface area contributed by atoms with Gasteiger partial charge in [0.25, 0.3) is 0 Å². The molecule has 194 valence electrons. The Bertz CT molecular complexity index is 1080. The van der Waals surface area contributed by atoms with Crippen LogP contribution in [0.15, 0.2) is 24.4 Å². The first-order valence-electron chi connectivity index (χ1n) is 13.5. The first kappa shape index (κ1) is 25.1. The first-order valence-corrected chi connectivity index (χ1v) is 13.5. The van der Waals surface area contributed by atoms with E-state index in [0.717, 1.165) is 69.4 Å². The number of carboxylic acid groups (broad SMARTS) is 1. The van der Waals surface area contributed by atoms with Crippen LogP contribution in [0.1, 0.15) is 85.8 Å². The average molecular weight is 499 g/mol. The highest BCUT2D eigenvalue weighted by Gasteiger charge is 2.39.